The standard InChI is InChI=1S/C13H17N3O.C10H13F.K/c1-8(2)7-16-13(15)10-4-5-12(14)11(6-10)9(3)17;1-3-8-5-6-10(11)7-9(8)4-2;/h5-6,8H,7H2,1-3H3,(H3-,14,15,16,17);5-7H,3-4H2,1-2H3;/q-2;;+1. The summed E-state index contributed by atoms with van der Waals surface area (Å²) in [6.45, 7) is 10.3. The van der Waals surface area contributed by atoms with Crippen molar-refractivity contribution in [2.75, 3.05) is 12.3 Å². The van der Waals surface area contributed by atoms with Gasteiger partial charge in [0.05, 0.1) is 0 Å². The summed E-state index contributed by atoms with van der Waals surface area (Å²) >= 11 is 0. The van der Waals surface area contributed by atoms with E-state index >= 15 is 0 Å². The zero-order chi connectivity index (χ0) is 21.3. The van der Waals surface area contributed by atoms with Crippen LogP contribution >= 0.6 is 0 Å². The van der Waals surface area contributed by atoms with Crippen LogP contribution in [-0.2, 0) is 12.8 Å². The maximum absolute atomic E-state index is 12.7. The van der Waals surface area contributed by atoms with Gasteiger partial charge in [-0.05, 0) is 60.2 Å². The van der Waals surface area contributed by atoms with Crippen molar-refractivity contribution in [2.24, 2.45) is 5.92 Å². The fourth-order valence-electron chi connectivity index (χ4n) is 2.61. The average Bonchev–Trinajstić information content (AvgIpc) is 2.66. The van der Waals surface area contributed by atoms with E-state index in [2.05, 4.69) is 18.3 Å². The minimum Gasteiger partial charge on any atom is -0.521 e. The number of amidine groups is 1. The van der Waals surface area contributed by atoms with Crippen molar-refractivity contribution in [1.29, 1.82) is 0 Å². The number of nitrogens with zero attached hydrogens (tertiary/aromatic N) is 1. The number of nitrogen functional groups attached to an aromatic ring is 1. The summed E-state index contributed by atoms with van der Waals surface area (Å²) in [6.07, 6.45) is 1.91. The zero-order valence-electron chi connectivity index (χ0n) is 18.4. The molecule has 2 rings (SSSR count). The number of carbonyl (C=O) groups excluding carboxylic acids is 1. The Hall–Kier alpha value is -1.05. The van der Waals surface area contributed by atoms with Gasteiger partial charge < -0.3 is 16.5 Å². The summed E-state index contributed by atoms with van der Waals surface area (Å²) in [6, 6.07) is 10.9. The van der Waals surface area contributed by atoms with Crippen LogP contribution in [-0.4, -0.2) is 18.2 Å². The van der Waals surface area contributed by atoms with Gasteiger partial charge in [0.15, 0.2) is 0 Å². The van der Waals surface area contributed by atoms with Gasteiger partial charge in [-0.3, -0.25) is 4.79 Å². The third kappa shape index (κ3) is 9.53. The van der Waals surface area contributed by atoms with Crippen LogP contribution in [0.3, 0.4) is 0 Å². The van der Waals surface area contributed by atoms with Crippen molar-refractivity contribution in [3.05, 3.63) is 69.9 Å². The fraction of sp³-hybridized carbons (Fsp3) is 0.391. The summed E-state index contributed by atoms with van der Waals surface area (Å²) in [5.74, 6) is 0.174. The molecule has 0 unspecified atom stereocenters. The number of nitrogens with two attached hydrogens (primary N) is 1. The van der Waals surface area contributed by atoms with Gasteiger partial charge in [0.1, 0.15) is 11.6 Å². The van der Waals surface area contributed by atoms with Gasteiger partial charge in [0, 0.05) is 0 Å². The van der Waals surface area contributed by atoms with E-state index in [0.717, 1.165) is 18.4 Å². The molecule has 4 nitrogen and oxygen atoms in total. The number of hydrogen-bond donors (Lipinski definition) is 2. The van der Waals surface area contributed by atoms with Gasteiger partial charge in [-0.15, -0.1) is 18.2 Å². The molecule has 0 amide bonds. The fourth-order valence-corrected chi connectivity index (χ4v) is 2.61. The average molecular weight is 423 g/mol. The molecule has 0 radical (unpaired) electrons. The van der Waals surface area contributed by atoms with Gasteiger partial charge >= 0.3 is 51.4 Å². The molecule has 0 aliphatic heterocycles. The second kappa shape index (κ2) is 14.0. The summed E-state index contributed by atoms with van der Waals surface area (Å²) < 4.78 is 12.7. The smallest absolute Gasteiger partial charge is 0.521 e. The minimum atomic E-state index is -0.130. The number of anilines is 1. The third-order valence-corrected chi connectivity index (χ3v) is 4.23. The Morgan fingerprint density at radius 2 is 1.83 bits per heavy atom. The first-order valence-corrected chi connectivity index (χ1v) is 9.59. The van der Waals surface area contributed by atoms with Gasteiger partial charge in [-0.2, -0.15) is 11.4 Å². The first-order chi connectivity index (χ1) is 13.2. The topological polar surface area (TPSA) is 77.4 Å². The number of halogens is 1. The van der Waals surface area contributed by atoms with Crippen LogP contribution < -0.4 is 62.4 Å². The number of ketones is 1. The molecule has 0 fully saturated rings. The van der Waals surface area contributed by atoms with Crippen LogP contribution in [0.2, 0.25) is 0 Å². The molecule has 0 saturated heterocycles. The molecule has 0 heterocycles. The quantitative estimate of drug-likeness (QED) is 0.186. The second-order valence-corrected chi connectivity index (χ2v) is 7.02. The van der Waals surface area contributed by atoms with Crippen LogP contribution in [0.4, 0.5) is 10.1 Å². The molecule has 0 saturated carbocycles. The Bertz CT molecular complexity index is 822. The Morgan fingerprint density at radius 3 is 2.34 bits per heavy atom. The monoisotopic (exact) mass is 422 g/mol. The van der Waals surface area contributed by atoms with Gasteiger partial charge in [0.25, 0.3) is 0 Å². The molecule has 0 aliphatic carbocycles. The zero-order valence-corrected chi connectivity index (χ0v) is 21.5. The van der Waals surface area contributed by atoms with Crippen LogP contribution in [0, 0.1) is 17.8 Å². The predicted molar refractivity (Wildman–Crippen MR) is 115 cm³/mol. The van der Waals surface area contributed by atoms with E-state index in [9.17, 15) is 14.6 Å². The number of nitrogens with one attached hydrogen (secondary N) is 1. The number of benzene rings is 2. The SMILES string of the molecule is CC(=O)c1cc(C(=[N-])NCC(C)C)[c-]cc1N.CCc1ccc(F)cc1CC.[K+]. The van der Waals surface area contributed by atoms with E-state index in [0.29, 0.717) is 29.3 Å². The Morgan fingerprint density at radius 1 is 1.21 bits per heavy atom. The molecule has 0 bridgehead atoms. The molecule has 2 aromatic rings. The first kappa shape index (κ1) is 27.9. The van der Waals surface area contributed by atoms with Crippen molar-refractivity contribution < 1.29 is 60.6 Å². The van der Waals surface area contributed by atoms with Crippen molar-refractivity contribution in [3.8, 4) is 0 Å². The minimum absolute atomic E-state index is 0. The van der Waals surface area contributed by atoms with E-state index in [1.54, 1.807) is 12.1 Å². The predicted octanol–water partition coefficient (Wildman–Crippen LogP) is 1.79. The summed E-state index contributed by atoms with van der Waals surface area (Å²) in [5, 5.41) is 12.7. The normalized spacial score (nSPS) is 9.90. The number of Topliss-reactive ketones (excluding diaryl/α,β-unsaturated/α-hetero) is 1. The number of rotatable bonds is 6. The van der Waals surface area contributed by atoms with E-state index in [1.165, 1.54) is 24.6 Å². The maximum Gasteiger partial charge on any atom is 1.00 e. The summed E-state index contributed by atoms with van der Waals surface area (Å²) in [5.41, 5.74) is 9.26. The van der Waals surface area contributed by atoms with Crippen LogP contribution in [0.15, 0.2) is 30.3 Å². The maximum atomic E-state index is 12.7. The van der Waals surface area contributed by atoms with E-state index in [4.69, 9.17) is 5.73 Å². The Balaban J connectivity index is 0.000000568. The number of hydrogen-bond acceptors (Lipinski definition) is 2. The molecule has 29 heavy (non-hydrogen) atoms. The van der Waals surface area contributed by atoms with Gasteiger partial charge in [0.2, 0.25) is 0 Å². The molecule has 0 atom stereocenters. The molecule has 6 heteroatoms. The van der Waals surface area contributed by atoms with E-state index < -0.39 is 0 Å². The van der Waals surface area contributed by atoms with E-state index in [1.807, 2.05) is 26.8 Å². The van der Waals surface area contributed by atoms with Crippen molar-refractivity contribution >= 4 is 17.3 Å². The Labute approximate surface area is 216 Å². The first-order valence-electron chi connectivity index (χ1n) is 9.59. The van der Waals surface area contributed by atoms with Crippen molar-refractivity contribution in [1.82, 2.24) is 5.32 Å². The molecular weight excluding hydrogens is 392 g/mol. The second-order valence-electron chi connectivity index (χ2n) is 7.02. The van der Waals surface area contributed by atoms with Crippen molar-refractivity contribution in [3.63, 3.8) is 0 Å². The molecule has 0 aliphatic rings. The molecule has 152 valence electrons. The molecule has 0 aromatic heterocycles. The van der Waals surface area contributed by atoms with Crippen LogP contribution in [0.5, 0.6) is 0 Å². The number of aryl methyl sites for hydroxylation is 2. The van der Waals surface area contributed by atoms with Gasteiger partial charge in [-0.1, -0.05) is 40.3 Å². The van der Waals surface area contributed by atoms with Gasteiger partial charge in [-0.25, -0.2) is 4.39 Å². The molecule has 2 aromatic carbocycles. The summed E-state index contributed by atoms with van der Waals surface area (Å²) in [7, 11) is 0. The third-order valence-electron chi connectivity index (χ3n) is 4.23. The molecular formula is C23H30FKN3O-. The Kier molecular flexibility index (Phi) is 13.5. The van der Waals surface area contributed by atoms with E-state index in [-0.39, 0.29) is 68.8 Å². The molecule has 0 spiro atoms. The van der Waals surface area contributed by atoms with Crippen molar-refractivity contribution in [2.45, 2.75) is 47.5 Å². The van der Waals surface area contributed by atoms with Crippen LogP contribution in [0.25, 0.3) is 5.41 Å². The largest absolute Gasteiger partial charge is 1.00 e. The molecule has 3 N–H and O–H groups in total. The number of carbonyl (C=O) groups is 1. The van der Waals surface area contributed by atoms with Crippen LogP contribution in [0.1, 0.15) is 61.7 Å². The summed E-state index contributed by atoms with van der Waals surface area (Å²) in [4.78, 5) is 11.3.